The molecule has 0 radical (unpaired) electrons. The highest BCUT2D eigenvalue weighted by Crippen LogP contribution is 2.23. The van der Waals surface area contributed by atoms with E-state index in [0.717, 1.165) is 13.2 Å². The molecule has 4 nitrogen and oxygen atoms in total. The quantitative estimate of drug-likeness (QED) is 0.384. The zero-order chi connectivity index (χ0) is 13.9. The van der Waals surface area contributed by atoms with Crippen LogP contribution in [-0.4, -0.2) is 23.9 Å². The lowest BCUT2D eigenvalue weighted by Gasteiger charge is -2.10. The zero-order valence-electron chi connectivity index (χ0n) is 9.75. The van der Waals surface area contributed by atoms with Gasteiger partial charge in [0.15, 0.2) is 0 Å². The van der Waals surface area contributed by atoms with Gasteiger partial charge in [0.2, 0.25) is 0 Å². The number of aliphatic hydroxyl groups is 1. The first-order chi connectivity index (χ1) is 8.40. The molecule has 1 aromatic carbocycles. The smallest absolute Gasteiger partial charge is 0.343 e. The summed E-state index contributed by atoms with van der Waals surface area (Å²) in [6.07, 6.45) is 0. The van der Waals surface area contributed by atoms with Gasteiger partial charge < -0.3 is 9.84 Å². The molecule has 1 rings (SSSR count). The second-order valence-electron chi connectivity index (χ2n) is 3.42. The van der Waals surface area contributed by atoms with E-state index in [1.807, 2.05) is 0 Å². The molecular formula is C12H11ClFNO3. The predicted molar refractivity (Wildman–Crippen MR) is 65.6 cm³/mol. The molecule has 96 valence electrons. The highest BCUT2D eigenvalue weighted by Gasteiger charge is 2.24. The fraction of sp³-hybridized carbons (Fsp3) is 0.167. The van der Waals surface area contributed by atoms with E-state index in [1.165, 1.54) is 19.1 Å². The molecule has 0 atom stereocenters. The number of halogens is 2. The van der Waals surface area contributed by atoms with Crippen LogP contribution in [0.3, 0.4) is 0 Å². The van der Waals surface area contributed by atoms with E-state index < -0.39 is 28.8 Å². The van der Waals surface area contributed by atoms with Crippen LogP contribution in [0.25, 0.3) is 0 Å². The summed E-state index contributed by atoms with van der Waals surface area (Å²) in [5.74, 6) is -2.12. The molecule has 0 spiro atoms. The number of carbonyl (C=O) groups is 1. The number of nitrogens with one attached hydrogen (secondary N) is 1. The maximum absolute atomic E-state index is 13.6. The van der Waals surface area contributed by atoms with Crippen LogP contribution in [0.15, 0.2) is 29.5 Å². The fourth-order valence-electron chi connectivity index (χ4n) is 1.39. The molecule has 0 heterocycles. The average molecular weight is 272 g/mol. The summed E-state index contributed by atoms with van der Waals surface area (Å²) in [5.41, 5.74) is -1.21. The van der Waals surface area contributed by atoms with Crippen molar-refractivity contribution in [1.29, 1.82) is 5.41 Å². The zero-order valence-corrected chi connectivity index (χ0v) is 10.5. The van der Waals surface area contributed by atoms with Crippen molar-refractivity contribution >= 4 is 23.3 Å². The lowest BCUT2D eigenvalue weighted by Crippen LogP contribution is -2.18. The number of hydrogen-bond acceptors (Lipinski definition) is 4. The number of rotatable bonds is 3. The van der Waals surface area contributed by atoms with E-state index in [1.54, 1.807) is 0 Å². The SMILES string of the molecule is COC(=O)/C(C(=N)c1c(F)cccc1Cl)=C(/C)O. The highest BCUT2D eigenvalue weighted by molar-refractivity contribution is 6.37. The number of ether oxygens (including phenoxy) is 1. The average Bonchev–Trinajstić information content (AvgIpc) is 2.28. The van der Waals surface area contributed by atoms with E-state index in [9.17, 15) is 14.3 Å². The Bertz CT molecular complexity index is 516. The number of hydrogen-bond donors (Lipinski definition) is 2. The first kappa shape index (κ1) is 14.2. The Morgan fingerprint density at radius 2 is 2.11 bits per heavy atom. The van der Waals surface area contributed by atoms with Crippen molar-refractivity contribution in [2.45, 2.75) is 6.92 Å². The third kappa shape index (κ3) is 2.68. The number of esters is 1. The molecule has 0 aromatic heterocycles. The Morgan fingerprint density at radius 1 is 1.50 bits per heavy atom. The van der Waals surface area contributed by atoms with Crippen molar-refractivity contribution in [3.8, 4) is 0 Å². The van der Waals surface area contributed by atoms with Crippen LogP contribution >= 0.6 is 11.6 Å². The Hall–Kier alpha value is -1.88. The van der Waals surface area contributed by atoms with E-state index in [2.05, 4.69) is 4.74 Å². The van der Waals surface area contributed by atoms with Crippen molar-refractivity contribution in [1.82, 2.24) is 0 Å². The molecule has 0 fully saturated rings. The molecule has 0 aliphatic carbocycles. The summed E-state index contributed by atoms with van der Waals surface area (Å²) in [7, 11) is 1.10. The van der Waals surface area contributed by atoms with Crippen LogP contribution in [0.1, 0.15) is 12.5 Å². The minimum absolute atomic E-state index is 0.0253. The lowest BCUT2D eigenvalue weighted by atomic mass is 10.0. The second kappa shape index (κ2) is 5.64. The van der Waals surface area contributed by atoms with E-state index in [0.29, 0.717) is 0 Å². The standard InChI is InChI=1S/C12H11ClFNO3/c1-6(16)9(12(17)18-2)11(15)10-7(13)4-3-5-8(10)14/h3-5,15-16H,1-2H3/b9-6-,15-11?. The van der Waals surface area contributed by atoms with Crippen molar-refractivity contribution < 1.29 is 19.0 Å². The van der Waals surface area contributed by atoms with E-state index in [4.69, 9.17) is 17.0 Å². The van der Waals surface area contributed by atoms with Crippen LogP contribution in [0.5, 0.6) is 0 Å². The number of carbonyl (C=O) groups excluding carboxylic acids is 1. The summed E-state index contributed by atoms with van der Waals surface area (Å²) < 4.78 is 18.0. The monoisotopic (exact) mass is 271 g/mol. The molecule has 0 bridgehead atoms. The molecule has 0 aliphatic rings. The molecule has 1 aromatic rings. The maximum atomic E-state index is 13.6. The molecular weight excluding hydrogens is 261 g/mol. The van der Waals surface area contributed by atoms with Gasteiger partial charge in [-0.15, -0.1) is 0 Å². The molecule has 0 unspecified atom stereocenters. The Morgan fingerprint density at radius 3 is 2.56 bits per heavy atom. The number of allylic oxidation sites excluding steroid dienone is 1. The van der Waals surface area contributed by atoms with Gasteiger partial charge in [-0.1, -0.05) is 17.7 Å². The van der Waals surface area contributed by atoms with Gasteiger partial charge in [0.25, 0.3) is 0 Å². The minimum atomic E-state index is -0.931. The summed E-state index contributed by atoms with van der Waals surface area (Å²) >= 11 is 5.78. The Labute approximate surface area is 108 Å². The normalized spacial score (nSPS) is 11.8. The summed E-state index contributed by atoms with van der Waals surface area (Å²) in [6, 6.07) is 3.87. The van der Waals surface area contributed by atoms with E-state index >= 15 is 0 Å². The van der Waals surface area contributed by atoms with Crippen LogP contribution in [0.4, 0.5) is 4.39 Å². The van der Waals surface area contributed by atoms with Crippen LogP contribution < -0.4 is 0 Å². The van der Waals surface area contributed by atoms with Gasteiger partial charge in [0.05, 0.1) is 23.4 Å². The third-order valence-electron chi connectivity index (χ3n) is 2.21. The molecule has 0 aliphatic heterocycles. The molecule has 0 saturated carbocycles. The number of benzene rings is 1. The predicted octanol–water partition coefficient (Wildman–Crippen LogP) is 2.85. The third-order valence-corrected chi connectivity index (χ3v) is 2.53. The first-order valence-corrected chi connectivity index (χ1v) is 5.29. The van der Waals surface area contributed by atoms with Crippen LogP contribution in [0, 0.1) is 11.2 Å². The maximum Gasteiger partial charge on any atom is 0.343 e. The summed E-state index contributed by atoms with van der Waals surface area (Å²) in [6.45, 7) is 1.20. The number of methoxy groups -OCH3 is 1. The minimum Gasteiger partial charge on any atom is -0.512 e. The molecule has 6 heteroatoms. The van der Waals surface area contributed by atoms with Crippen molar-refractivity contribution in [3.05, 3.63) is 45.9 Å². The van der Waals surface area contributed by atoms with Crippen molar-refractivity contribution in [2.75, 3.05) is 7.11 Å². The van der Waals surface area contributed by atoms with Gasteiger partial charge in [-0.3, -0.25) is 5.41 Å². The first-order valence-electron chi connectivity index (χ1n) is 4.91. The lowest BCUT2D eigenvalue weighted by molar-refractivity contribution is -0.135. The van der Waals surface area contributed by atoms with Crippen LogP contribution in [0.2, 0.25) is 5.02 Å². The Kier molecular flexibility index (Phi) is 4.44. The molecule has 2 N–H and O–H groups in total. The van der Waals surface area contributed by atoms with Crippen molar-refractivity contribution in [3.63, 3.8) is 0 Å². The summed E-state index contributed by atoms with van der Waals surface area (Å²) in [5, 5.41) is 17.2. The van der Waals surface area contributed by atoms with Gasteiger partial charge in [0, 0.05) is 0 Å². The fourth-order valence-corrected chi connectivity index (χ4v) is 1.65. The molecule has 18 heavy (non-hydrogen) atoms. The largest absolute Gasteiger partial charge is 0.512 e. The topological polar surface area (TPSA) is 70.4 Å². The Balaban J connectivity index is 3.38. The van der Waals surface area contributed by atoms with Gasteiger partial charge >= 0.3 is 5.97 Å². The van der Waals surface area contributed by atoms with Gasteiger partial charge in [-0.2, -0.15) is 0 Å². The van der Waals surface area contributed by atoms with Gasteiger partial charge in [-0.25, -0.2) is 9.18 Å². The summed E-state index contributed by atoms with van der Waals surface area (Å²) in [4.78, 5) is 11.4. The van der Waals surface area contributed by atoms with E-state index in [-0.39, 0.29) is 10.6 Å². The molecule has 0 saturated heterocycles. The molecule has 0 amide bonds. The van der Waals surface area contributed by atoms with Gasteiger partial charge in [0.1, 0.15) is 17.1 Å². The van der Waals surface area contributed by atoms with Crippen LogP contribution in [-0.2, 0) is 9.53 Å². The number of aliphatic hydroxyl groups excluding tert-OH is 1. The second-order valence-corrected chi connectivity index (χ2v) is 3.83. The highest BCUT2D eigenvalue weighted by atomic mass is 35.5. The van der Waals surface area contributed by atoms with Gasteiger partial charge in [-0.05, 0) is 19.1 Å². The van der Waals surface area contributed by atoms with Crippen molar-refractivity contribution in [2.24, 2.45) is 0 Å².